The van der Waals surface area contributed by atoms with E-state index >= 15 is 0 Å². The zero-order valence-corrected chi connectivity index (χ0v) is 12.8. The Kier molecular flexibility index (Phi) is 4.70. The van der Waals surface area contributed by atoms with E-state index in [1.54, 1.807) is 0 Å². The monoisotopic (exact) mass is 339 g/mol. The van der Waals surface area contributed by atoms with Gasteiger partial charge >= 0.3 is 0 Å². The average Bonchev–Trinajstić information content (AvgIpc) is 2.38. The third-order valence-electron chi connectivity index (χ3n) is 2.88. The highest BCUT2D eigenvalue weighted by Gasteiger charge is 2.23. The van der Waals surface area contributed by atoms with Crippen LogP contribution in [0.1, 0.15) is 12.8 Å². The maximum atomic E-state index is 12.2. The highest BCUT2D eigenvalue weighted by atomic mass is 35.7. The van der Waals surface area contributed by atoms with E-state index in [1.807, 2.05) is 0 Å². The van der Waals surface area contributed by atoms with Crippen molar-refractivity contribution in [3.8, 4) is 0 Å². The molecule has 1 aromatic rings. The van der Waals surface area contributed by atoms with Gasteiger partial charge in [-0.05, 0) is 31.0 Å². The lowest BCUT2D eigenvalue weighted by atomic mass is 10.1. The Bertz CT molecular complexity index is 681. The lowest BCUT2D eigenvalue weighted by Gasteiger charge is -2.23. The van der Waals surface area contributed by atoms with Crippen LogP contribution in [-0.4, -0.2) is 36.1 Å². The van der Waals surface area contributed by atoms with Crippen LogP contribution >= 0.6 is 10.7 Å². The van der Waals surface area contributed by atoms with Gasteiger partial charge in [0, 0.05) is 23.3 Å². The number of hydrogen-bond acceptors (Lipinski definition) is 5. The highest BCUT2D eigenvalue weighted by Crippen LogP contribution is 2.20. The molecule has 0 amide bonds. The van der Waals surface area contributed by atoms with Crippen molar-refractivity contribution in [3.63, 3.8) is 0 Å². The van der Waals surface area contributed by atoms with Gasteiger partial charge in [0.1, 0.15) is 0 Å². The van der Waals surface area contributed by atoms with E-state index < -0.39 is 19.1 Å². The molecule has 0 radical (unpaired) electrons. The second-order valence-corrected chi connectivity index (χ2v) is 8.73. The molecule has 2 rings (SSSR count). The maximum Gasteiger partial charge on any atom is 0.261 e. The summed E-state index contributed by atoms with van der Waals surface area (Å²) in [7, 11) is -2.55. The van der Waals surface area contributed by atoms with Crippen molar-refractivity contribution < 1.29 is 21.6 Å². The van der Waals surface area contributed by atoms with E-state index in [9.17, 15) is 16.8 Å². The summed E-state index contributed by atoms with van der Waals surface area (Å²) in [5.74, 6) is 0. The van der Waals surface area contributed by atoms with Gasteiger partial charge in [0.05, 0.1) is 16.4 Å². The molecule has 1 aliphatic rings. The van der Waals surface area contributed by atoms with Crippen LogP contribution in [-0.2, 0) is 23.8 Å². The van der Waals surface area contributed by atoms with Crippen LogP contribution in [0.2, 0.25) is 0 Å². The number of halogens is 1. The number of benzene rings is 1. The molecule has 112 valence electrons. The first-order valence-electron chi connectivity index (χ1n) is 5.94. The van der Waals surface area contributed by atoms with E-state index in [0.29, 0.717) is 19.6 Å². The largest absolute Gasteiger partial charge is 0.380 e. The van der Waals surface area contributed by atoms with Gasteiger partial charge in [0.2, 0.25) is 10.0 Å². The van der Waals surface area contributed by atoms with Crippen LogP contribution in [0, 0.1) is 0 Å². The summed E-state index contributed by atoms with van der Waals surface area (Å²) in [4.78, 5) is -0.383. The molecular formula is C11H14ClNO5S2. The number of sulfonamides is 1. The fourth-order valence-electron chi connectivity index (χ4n) is 1.91. The third-order valence-corrected chi connectivity index (χ3v) is 5.75. The first kappa shape index (κ1) is 15.7. The van der Waals surface area contributed by atoms with Crippen LogP contribution < -0.4 is 4.72 Å². The molecule has 0 saturated carbocycles. The minimum atomic E-state index is -3.96. The Labute approximate surface area is 122 Å². The summed E-state index contributed by atoms with van der Waals surface area (Å²) in [5.41, 5.74) is 0. The molecule has 0 bridgehead atoms. The fraction of sp³-hybridized carbons (Fsp3) is 0.455. The Balaban J connectivity index is 2.25. The van der Waals surface area contributed by atoms with Crippen molar-refractivity contribution in [2.24, 2.45) is 0 Å². The van der Waals surface area contributed by atoms with Gasteiger partial charge < -0.3 is 4.74 Å². The molecule has 0 spiro atoms. The third kappa shape index (κ3) is 3.92. The second-order valence-electron chi connectivity index (χ2n) is 4.45. The van der Waals surface area contributed by atoms with E-state index in [0.717, 1.165) is 12.5 Å². The first-order chi connectivity index (χ1) is 9.29. The second kappa shape index (κ2) is 5.98. The Hall–Kier alpha value is -0.670. The van der Waals surface area contributed by atoms with Crippen molar-refractivity contribution in [2.45, 2.75) is 28.7 Å². The van der Waals surface area contributed by atoms with Gasteiger partial charge in [-0.15, -0.1) is 0 Å². The molecular weight excluding hydrogens is 326 g/mol. The standard InChI is InChI=1S/C11H14ClNO5S2/c12-19(14,15)10-4-1-5-11(7-10)20(16,17)13-9-3-2-6-18-8-9/h1,4-5,7,9,13H,2-3,6,8H2. The van der Waals surface area contributed by atoms with Gasteiger partial charge in [-0.2, -0.15) is 0 Å². The van der Waals surface area contributed by atoms with E-state index in [-0.39, 0.29) is 15.8 Å². The SMILES string of the molecule is O=S(=O)(Cl)c1cccc(S(=O)(=O)NC2CCCOC2)c1. The molecule has 1 unspecified atom stereocenters. The van der Waals surface area contributed by atoms with Gasteiger partial charge in [0.15, 0.2) is 0 Å². The van der Waals surface area contributed by atoms with E-state index in [2.05, 4.69) is 4.72 Å². The van der Waals surface area contributed by atoms with Crippen molar-refractivity contribution in [1.29, 1.82) is 0 Å². The Morgan fingerprint density at radius 1 is 1.20 bits per heavy atom. The summed E-state index contributed by atoms with van der Waals surface area (Å²) < 4.78 is 54.5. The smallest absolute Gasteiger partial charge is 0.261 e. The number of ether oxygens (including phenoxy) is 1. The lowest BCUT2D eigenvalue weighted by Crippen LogP contribution is -2.40. The molecule has 1 heterocycles. The summed E-state index contributed by atoms with van der Waals surface area (Å²) in [6.45, 7) is 0.935. The molecule has 1 saturated heterocycles. The predicted molar refractivity (Wildman–Crippen MR) is 73.6 cm³/mol. The quantitative estimate of drug-likeness (QED) is 0.829. The molecule has 1 fully saturated rings. The minimum Gasteiger partial charge on any atom is -0.380 e. The van der Waals surface area contributed by atoms with Crippen molar-refractivity contribution in [3.05, 3.63) is 24.3 Å². The molecule has 1 aromatic carbocycles. The average molecular weight is 340 g/mol. The fourth-order valence-corrected chi connectivity index (χ4v) is 4.09. The zero-order valence-electron chi connectivity index (χ0n) is 10.5. The molecule has 6 nitrogen and oxygen atoms in total. The predicted octanol–water partition coefficient (Wildman–Crippen LogP) is 1.07. The van der Waals surface area contributed by atoms with Crippen molar-refractivity contribution >= 4 is 29.8 Å². The topological polar surface area (TPSA) is 89.5 Å². The van der Waals surface area contributed by atoms with Gasteiger partial charge in [-0.3, -0.25) is 0 Å². The highest BCUT2D eigenvalue weighted by molar-refractivity contribution is 8.13. The minimum absolute atomic E-state index is 0.134. The van der Waals surface area contributed by atoms with E-state index in [1.165, 1.54) is 18.2 Å². The molecule has 1 aliphatic heterocycles. The normalized spacial score (nSPS) is 20.8. The summed E-state index contributed by atoms with van der Waals surface area (Å²) in [6, 6.07) is 4.63. The molecule has 20 heavy (non-hydrogen) atoms. The Morgan fingerprint density at radius 2 is 1.90 bits per heavy atom. The van der Waals surface area contributed by atoms with Crippen LogP contribution in [0.15, 0.2) is 34.1 Å². The number of hydrogen-bond donors (Lipinski definition) is 1. The lowest BCUT2D eigenvalue weighted by molar-refractivity contribution is 0.0774. The molecule has 9 heteroatoms. The number of rotatable bonds is 4. The maximum absolute atomic E-state index is 12.2. The van der Waals surface area contributed by atoms with Crippen LogP contribution in [0.4, 0.5) is 0 Å². The van der Waals surface area contributed by atoms with Crippen LogP contribution in [0.3, 0.4) is 0 Å². The molecule has 1 atom stereocenters. The van der Waals surface area contributed by atoms with Gasteiger partial charge in [-0.1, -0.05) is 6.07 Å². The van der Waals surface area contributed by atoms with Crippen molar-refractivity contribution in [2.75, 3.05) is 13.2 Å². The zero-order chi connectivity index (χ0) is 14.8. The van der Waals surface area contributed by atoms with Crippen LogP contribution in [0.25, 0.3) is 0 Å². The molecule has 0 aliphatic carbocycles. The summed E-state index contributed by atoms with van der Waals surface area (Å²) >= 11 is 0. The van der Waals surface area contributed by atoms with Crippen LogP contribution in [0.5, 0.6) is 0 Å². The first-order valence-corrected chi connectivity index (χ1v) is 9.73. The Morgan fingerprint density at radius 3 is 2.50 bits per heavy atom. The number of nitrogens with one attached hydrogen (secondary N) is 1. The molecule has 1 N–H and O–H groups in total. The molecule has 0 aromatic heterocycles. The summed E-state index contributed by atoms with van der Waals surface area (Å²) in [6.07, 6.45) is 1.47. The summed E-state index contributed by atoms with van der Waals surface area (Å²) in [5, 5.41) is 0. The van der Waals surface area contributed by atoms with Gasteiger partial charge in [-0.25, -0.2) is 21.6 Å². The van der Waals surface area contributed by atoms with Crippen molar-refractivity contribution in [1.82, 2.24) is 4.72 Å². The van der Waals surface area contributed by atoms with Gasteiger partial charge in [0.25, 0.3) is 9.05 Å². The van der Waals surface area contributed by atoms with E-state index in [4.69, 9.17) is 15.4 Å².